The second-order valence-corrected chi connectivity index (χ2v) is 13.8. The first-order chi connectivity index (χ1) is 22.3. The summed E-state index contributed by atoms with van der Waals surface area (Å²) in [5.74, 6) is -0.875. The molecule has 4 aromatic rings. The first-order valence-corrected chi connectivity index (χ1v) is 16.5. The summed E-state index contributed by atoms with van der Waals surface area (Å²) >= 11 is 0. The molecule has 9 nitrogen and oxygen atoms in total. The summed E-state index contributed by atoms with van der Waals surface area (Å²) in [7, 11) is -1.41. The molecule has 0 spiro atoms. The van der Waals surface area contributed by atoms with Gasteiger partial charge in [0.05, 0.1) is 24.8 Å². The van der Waals surface area contributed by atoms with Crippen molar-refractivity contribution in [3.8, 4) is 11.5 Å². The number of methoxy groups -OCH3 is 2. The van der Waals surface area contributed by atoms with Crippen LogP contribution in [0.5, 0.6) is 11.5 Å². The normalized spacial score (nSPS) is 12.1. The fraction of sp³-hybridized carbons (Fsp3) is 0.278. The molecule has 1 atom stereocenters. The highest BCUT2D eigenvalue weighted by molar-refractivity contribution is 7.92. The molecule has 0 aromatic heterocycles. The molecule has 4 aromatic carbocycles. The highest BCUT2D eigenvalue weighted by Gasteiger charge is 2.36. The second kappa shape index (κ2) is 15.1. The van der Waals surface area contributed by atoms with Gasteiger partial charge in [-0.25, -0.2) is 12.8 Å². The number of benzene rings is 4. The Hall–Kier alpha value is -4.90. The van der Waals surface area contributed by atoms with Crippen LogP contribution in [0, 0.1) is 5.82 Å². The number of hydrogen-bond acceptors (Lipinski definition) is 6. The Labute approximate surface area is 276 Å². The number of amides is 2. The van der Waals surface area contributed by atoms with Crippen LogP contribution in [0.1, 0.15) is 31.9 Å². The lowest BCUT2D eigenvalue weighted by Gasteiger charge is -2.35. The van der Waals surface area contributed by atoms with Crippen LogP contribution in [0.3, 0.4) is 0 Å². The van der Waals surface area contributed by atoms with Crippen LogP contribution in [0.4, 0.5) is 10.1 Å². The minimum atomic E-state index is -4.30. The number of nitrogens with zero attached hydrogens (tertiary/aromatic N) is 2. The number of rotatable bonds is 13. The molecular weight excluding hydrogens is 621 g/mol. The van der Waals surface area contributed by atoms with Gasteiger partial charge in [-0.05, 0) is 68.3 Å². The summed E-state index contributed by atoms with van der Waals surface area (Å²) in [6.07, 6.45) is 0.150. The maximum absolute atomic E-state index is 14.6. The van der Waals surface area contributed by atoms with Gasteiger partial charge in [-0.3, -0.25) is 13.9 Å². The van der Waals surface area contributed by atoms with E-state index in [-0.39, 0.29) is 29.3 Å². The van der Waals surface area contributed by atoms with Gasteiger partial charge in [0.15, 0.2) is 11.5 Å². The number of ether oxygens (including phenoxy) is 2. The molecule has 1 N–H and O–H groups in total. The lowest BCUT2D eigenvalue weighted by molar-refractivity contribution is -0.140. The van der Waals surface area contributed by atoms with Gasteiger partial charge in [0.25, 0.3) is 10.0 Å². The van der Waals surface area contributed by atoms with Crippen molar-refractivity contribution in [3.05, 3.63) is 120 Å². The maximum atomic E-state index is 14.6. The molecule has 0 radical (unpaired) electrons. The lowest BCUT2D eigenvalue weighted by atomic mass is 10.0. The molecule has 0 fully saturated rings. The number of carbonyl (C=O) groups excluding carboxylic acids is 2. The third kappa shape index (κ3) is 9.10. The van der Waals surface area contributed by atoms with E-state index in [4.69, 9.17) is 9.47 Å². The van der Waals surface area contributed by atoms with Crippen molar-refractivity contribution in [1.82, 2.24) is 10.2 Å². The number of hydrogen-bond donors (Lipinski definition) is 1. The van der Waals surface area contributed by atoms with Gasteiger partial charge in [0.2, 0.25) is 11.8 Å². The molecule has 0 unspecified atom stereocenters. The standard InChI is InChI=1S/C36H40FN3O6S/c1-36(2,3)38-35(42)31(22-26-12-8-6-9-13-26)39(24-27-16-18-28(37)19-17-27)34(41)25-40(47(43,44)30-14-10-7-11-15-30)29-20-21-32(45-4)33(23-29)46-5/h6-21,23,31H,22,24-25H2,1-5H3,(H,38,42)/t31-/m0/s1. The Balaban J connectivity index is 1.84. The molecule has 0 aliphatic carbocycles. The van der Waals surface area contributed by atoms with E-state index in [2.05, 4.69) is 5.32 Å². The number of sulfonamides is 1. The smallest absolute Gasteiger partial charge is 0.264 e. The fourth-order valence-corrected chi connectivity index (χ4v) is 6.45. The minimum Gasteiger partial charge on any atom is -0.493 e. The van der Waals surface area contributed by atoms with E-state index in [9.17, 15) is 22.4 Å². The SMILES string of the molecule is COc1ccc(N(CC(=O)N(Cc2ccc(F)cc2)[C@@H](Cc2ccccc2)C(=O)NC(C)(C)C)S(=O)(=O)c2ccccc2)cc1OC. The topological polar surface area (TPSA) is 105 Å². The summed E-state index contributed by atoms with van der Waals surface area (Å²) in [6.45, 7) is 4.77. The molecular formula is C36H40FN3O6S. The molecule has 4 rings (SSSR count). The third-order valence-corrected chi connectivity index (χ3v) is 9.09. The van der Waals surface area contributed by atoms with Gasteiger partial charge >= 0.3 is 0 Å². The molecule has 2 amide bonds. The van der Waals surface area contributed by atoms with E-state index in [1.54, 1.807) is 24.3 Å². The maximum Gasteiger partial charge on any atom is 0.264 e. The van der Waals surface area contributed by atoms with E-state index < -0.39 is 45.8 Å². The highest BCUT2D eigenvalue weighted by Crippen LogP contribution is 2.34. The monoisotopic (exact) mass is 661 g/mol. The first-order valence-electron chi connectivity index (χ1n) is 15.0. The molecule has 47 heavy (non-hydrogen) atoms. The average Bonchev–Trinajstić information content (AvgIpc) is 3.05. The lowest BCUT2D eigenvalue weighted by Crippen LogP contribution is -2.56. The summed E-state index contributed by atoms with van der Waals surface area (Å²) in [4.78, 5) is 29.8. The first kappa shape index (κ1) is 35.0. The predicted octanol–water partition coefficient (Wildman–Crippen LogP) is 5.59. The van der Waals surface area contributed by atoms with Crippen molar-refractivity contribution < 1.29 is 31.9 Å². The molecule has 248 valence electrons. The quantitative estimate of drug-likeness (QED) is 0.200. The summed E-state index contributed by atoms with van der Waals surface area (Å²) in [6, 6.07) is 26.1. The Morgan fingerprint density at radius 2 is 1.40 bits per heavy atom. The van der Waals surface area contributed by atoms with Crippen LogP contribution in [0.15, 0.2) is 108 Å². The number of carbonyl (C=O) groups is 2. The van der Waals surface area contributed by atoms with E-state index >= 15 is 0 Å². The Morgan fingerprint density at radius 3 is 1.98 bits per heavy atom. The van der Waals surface area contributed by atoms with Gasteiger partial charge in [0, 0.05) is 24.6 Å². The van der Waals surface area contributed by atoms with Crippen molar-refractivity contribution in [2.24, 2.45) is 0 Å². The zero-order valence-corrected chi connectivity index (χ0v) is 28.0. The molecule has 11 heteroatoms. The van der Waals surface area contributed by atoms with Gasteiger partial charge in [-0.15, -0.1) is 0 Å². The third-order valence-electron chi connectivity index (χ3n) is 7.30. The van der Waals surface area contributed by atoms with Crippen molar-refractivity contribution in [2.45, 2.75) is 50.2 Å². The van der Waals surface area contributed by atoms with E-state index in [1.807, 2.05) is 51.1 Å². The van der Waals surface area contributed by atoms with Crippen LogP contribution < -0.4 is 19.1 Å². The van der Waals surface area contributed by atoms with Crippen LogP contribution in [0.2, 0.25) is 0 Å². The summed E-state index contributed by atoms with van der Waals surface area (Å²) in [5, 5.41) is 2.98. The molecule has 0 bridgehead atoms. The number of nitrogens with one attached hydrogen (secondary N) is 1. The molecule has 0 aliphatic heterocycles. The van der Waals surface area contributed by atoms with Crippen molar-refractivity contribution in [1.29, 1.82) is 0 Å². The van der Waals surface area contributed by atoms with E-state index in [1.165, 1.54) is 67.7 Å². The molecule has 0 saturated carbocycles. The molecule has 0 saturated heterocycles. The van der Waals surface area contributed by atoms with Gasteiger partial charge < -0.3 is 19.7 Å². The van der Waals surface area contributed by atoms with Gasteiger partial charge in [-0.2, -0.15) is 0 Å². The number of halogens is 1. The largest absolute Gasteiger partial charge is 0.493 e. The Bertz CT molecular complexity index is 1760. The second-order valence-electron chi connectivity index (χ2n) is 12.0. The van der Waals surface area contributed by atoms with Crippen molar-refractivity contribution in [2.75, 3.05) is 25.1 Å². The van der Waals surface area contributed by atoms with Crippen molar-refractivity contribution >= 4 is 27.5 Å². The fourth-order valence-electron chi connectivity index (χ4n) is 5.02. The van der Waals surface area contributed by atoms with Gasteiger partial charge in [0.1, 0.15) is 18.4 Å². The number of anilines is 1. The van der Waals surface area contributed by atoms with Crippen LogP contribution >= 0.6 is 0 Å². The van der Waals surface area contributed by atoms with Crippen LogP contribution in [0.25, 0.3) is 0 Å². The zero-order chi connectivity index (χ0) is 34.2. The molecule has 0 aliphatic rings. The highest BCUT2D eigenvalue weighted by atomic mass is 32.2. The molecule has 0 heterocycles. The van der Waals surface area contributed by atoms with E-state index in [0.717, 1.165) is 9.87 Å². The van der Waals surface area contributed by atoms with Gasteiger partial charge in [-0.1, -0.05) is 60.7 Å². The zero-order valence-electron chi connectivity index (χ0n) is 27.1. The van der Waals surface area contributed by atoms with Crippen LogP contribution in [-0.2, 0) is 32.6 Å². The van der Waals surface area contributed by atoms with Crippen LogP contribution in [-0.4, -0.2) is 57.5 Å². The summed E-state index contributed by atoms with van der Waals surface area (Å²) in [5.41, 5.74) is 0.885. The minimum absolute atomic E-state index is 0.0287. The predicted molar refractivity (Wildman–Crippen MR) is 179 cm³/mol. The Kier molecular flexibility index (Phi) is 11.3. The summed E-state index contributed by atoms with van der Waals surface area (Å²) < 4.78 is 54.0. The van der Waals surface area contributed by atoms with Crippen molar-refractivity contribution in [3.63, 3.8) is 0 Å². The average molecular weight is 662 g/mol. The Morgan fingerprint density at radius 1 is 0.809 bits per heavy atom. The van der Waals surface area contributed by atoms with E-state index in [0.29, 0.717) is 11.3 Å².